The fourth-order valence-corrected chi connectivity index (χ4v) is 1.68. The molecule has 1 heterocycles. The van der Waals surface area contributed by atoms with Gasteiger partial charge in [0.1, 0.15) is 0 Å². The topological polar surface area (TPSA) is 53.3 Å². The molecule has 0 aromatic carbocycles. The lowest BCUT2D eigenvalue weighted by Crippen LogP contribution is -2.50. The fourth-order valence-electron chi connectivity index (χ4n) is 1.68. The van der Waals surface area contributed by atoms with E-state index in [4.69, 9.17) is 5.73 Å². The van der Waals surface area contributed by atoms with Crippen molar-refractivity contribution in [2.75, 3.05) is 39.3 Å². The van der Waals surface area contributed by atoms with Crippen LogP contribution >= 0.6 is 0 Å². The minimum atomic E-state index is 0.839. The standard InChI is InChI=1S/C10H24N4/c11-5-3-1-2-4-6-13-14-9-7-12-8-10-14/h12-13H,1-11H2. The summed E-state index contributed by atoms with van der Waals surface area (Å²) in [5, 5.41) is 5.66. The van der Waals surface area contributed by atoms with E-state index in [9.17, 15) is 0 Å². The zero-order chi connectivity index (χ0) is 10.1. The molecule has 0 aromatic rings. The Morgan fingerprint density at radius 2 is 1.79 bits per heavy atom. The maximum atomic E-state index is 5.43. The molecular formula is C10H24N4. The number of rotatable bonds is 7. The molecule has 4 heteroatoms. The van der Waals surface area contributed by atoms with Crippen molar-refractivity contribution in [1.82, 2.24) is 15.8 Å². The summed E-state index contributed by atoms with van der Waals surface area (Å²) in [4.78, 5) is 0. The summed E-state index contributed by atoms with van der Waals surface area (Å²) in [5.74, 6) is 0. The molecule has 4 N–H and O–H groups in total. The summed E-state index contributed by atoms with van der Waals surface area (Å²) in [5.41, 5.74) is 8.89. The van der Waals surface area contributed by atoms with Gasteiger partial charge >= 0.3 is 0 Å². The largest absolute Gasteiger partial charge is 0.330 e. The molecule has 1 aliphatic heterocycles. The van der Waals surface area contributed by atoms with Gasteiger partial charge in [0.2, 0.25) is 0 Å². The summed E-state index contributed by atoms with van der Waals surface area (Å²) >= 11 is 0. The third kappa shape index (κ3) is 5.54. The number of hydrogen-bond acceptors (Lipinski definition) is 4. The van der Waals surface area contributed by atoms with E-state index in [1.807, 2.05) is 0 Å². The van der Waals surface area contributed by atoms with Crippen LogP contribution in [0.2, 0.25) is 0 Å². The number of nitrogens with one attached hydrogen (secondary N) is 2. The van der Waals surface area contributed by atoms with E-state index in [-0.39, 0.29) is 0 Å². The average Bonchev–Trinajstić information content (AvgIpc) is 2.25. The molecule has 0 radical (unpaired) electrons. The van der Waals surface area contributed by atoms with Crippen LogP contribution in [0.5, 0.6) is 0 Å². The van der Waals surface area contributed by atoms with Crippen molar-refractivity contribution in [3.05, 3.63) is 0 Å². The SMILES string of the molecule is NCCCCCCNN1CCNCC1. The highest BCUT2D eigenvalue weighted by Crippen LogP contribution is 1.97. The molecule has 0 atom stereocenters. The highest BCUT2D eigenvalue weighted by atomic mass is 15.5. The van der Waals surface area contributed by atoms with E-state index < -0.39 is 0 Å². The molecule has 0 spiro atoms. The van der Waals surface area contributed by atoms with E-state index >= 15 is 0 Å². The number of unbranched alkanes of at least 4 members (excludes halogenated alkanes) is 3. The van der Waals surface area contributed by atoms with Crippen LogP contribution in [-0.4, -0.2) is 44.3 Å². The molecule has 0 amide bonds. The lowest BCUT2D eigenvalue weighted by Gasteiger charge is -2.27. The monoisotopic (exact) mass is 200 g/mol. The Bertz CT molecular complexity index is 123. The van der Waals surface area contributed by atoms with Gasteiger partial charge in [0.25, 0.3) is 0 Å². The second-order valence-electron chi connectivity index (χ2n) is 3.85. The number of hydrazine groups is 1. The zero-order valence-corrected chi connectivity index (χ0v) is 9.10. The Morgan fingerprint density at radius 1 is 1.07 bits per heavy atom. The zero-order valence-electron chi connectivity index (χ0n) is 9.10. The highest BCUT2D eigenvalue weighted by Gasteiger charge is 2.07. The van der Waals surface area contributed by atoms with Crippen molar-refractivity contribution in [2.45, 2.75) is 25.7 Å². The first kappa shape index (κ1) is 11.9. The molecule has 0 saturated carbocycles. The Morgan fingerprint density at radius 3 is 2.50 bits per heavy atom. The number of nitrogens with zero attached hydrogens (tertiary/aromatic N) is 1. The molecule has 1 fully saturated rings. The van der Waals surface area contributed by atoms with Gasteiger partial charge in [-0.2, -0.15) is 0 Å². The summed E-state index contributed by atoms with van der Waals surface area (Å²) in [6.07, 6.45) is 5.02. The number of piperazine rings is 1. The predicted molar refractivity (Wildman–Crippen MR) is 60.0 cm³/mol. The van der Waals surface area contributed by atoms with Gasteiger partial charge in [-0.3, -0.25) is 5.43 Å². The predicted octanol–water partition coefficient (Wildman–Crippen LogP) is -0.0847. The van der Waals surface area contributed by atoms with Gasteiger partial charge in [0.05, 0.1) is 0 Å². The van der Waals surface area contributed by atoms with Gasteiger partial charge in [-0.25, -0.2) is 5.01 Å². The van der Waals surface area contributed by atoms with E-state index in [2.05, 4.69) is 15.8 Å². The van der Waals surface area contributed by atoms with Gasteiger partial charge in [0, 0.05) is 32.7 Å². The molecule has 0 aliphatic carbocycles. The maximum absolute atomic E-state index is 5.43. The molecule has 84 valence electrons. The molecular weight excluding hydrogens is 176 g/mol. The van der Waals surface area contributed by atoms with Crippen LogP contribution in [0.25, 0.3) is 0 Å². The quantitative estimate of drug-likeness (QED) is 0.503. The van der Waals surface area contributed by atoms with Crippen LogP contribution in [0.15, 0.2) is 0 Å². The molecule has 0 aromatic heterocycles. The van der Waals surface area contributed by atoms with Crippen molar-refractivity contribution in [2.24, 2.45) is 5.73 Å². The van der Waals surface area contributed by atoms with Crippen molar-refractivity contribution in [3.8, 4) is 0 Å². The van der Waals surface area contributed by atoms with Crippen molar-refractivity contribution in [3.63, 3.8) is 0 Å². The second-order valence-corrected chi connectivity index (χ2v) is 3.85. The van der Waals surface area contributed by atoms with E-state index in [1.165, 1.54) is 25.7 Å². The lowest BCUT2D eigenvalue weighted by atomic mass is 10.2. The van der Waals surface area contributed by atoms with E-state index in [0.717, 1.165) is 39.3 Å². The third-order valence-corrected chi connectivity index (χ3v) is 2.58. The van der Waals surface area contributed by atoms with Gasteiger partial charge in [-0.05, 0) is 19.4 Å². The first-order valence-corrected chi connectivity index (χ1v) is 5.82. The lowest BCUT2D eigenvalue weighted by molar-refractivity contribution is 0.163. The summed E-state index contributed by atoms with van der Waals surface area (Å²) in [7, 11) is 0. The molecule has 4 nitrogen and oxygen atoms in total. The van der Waals surface area contributed by atoms with Crippen LogP contribution in [0, 0.1) is 0 Å². The first-order valence-electron chi connectivity index (χ1n) is 5.82. The Kier molecular flexibility index (Phi) is 6.95. The smallest absolute Gasteiger partial charge is 0.0256 e. The van der Waals surface area contributed by atoms with Crippen LogP contribution in [0.4, 0.5) is 0 Å². The molecule has 0 bridgehead atoms. The van der Waals surface area contributed by atoms with Crippen molar-refractivity contribution < 1.29 is 0 Å². The van der Waals surface area contributed by atoms with Crippen LogP contribution in [0.3, 0.4) is 0 Å². The molecule has 14 heavy (non-hydrogen) atoms. The normalized spacial score (nSPS) is 18.6. The molecule has 0 unspecified atom stereocenters. The Balaban J connectivity index is 1.82. The Labute approximate surface area is 87.2 Å². The molecule has 1 saturated heterocycles. The van der Waals surface area contributed by atoms with Gasteiger partial charge in [-0.15, -0.1) is 0 Å². The van der Waals surface area contributed by atoms with E-state index in [0.29, 0.717) is 0 Å². The van der Waals surface area contributed by atoms with E-state index in [1.54, 1.807) is 0 Å². The average molecular weight is 200 g/mol. The third-order valence-electron chi connectivity index (χ3n) is 2.58. The number of nitrogens with two attached hydrogens (primary N) is 1. The molecule has 1 aliphatic rings. The summed E-state index contributed by atoms with van der Waals surface area (Å²) in [6, 6.07) is 0. The van der Waals surface area contributed by atoms with Gasteiger partial charge in [-0.1, -0.05) is 12.8 Å². The van der Waals surface area contributed by atoms with Gasteiger partial charge in [0.15, 0.2) is 0 Å². The Hall–Kier alpha value is -0.160. The first-order chi connectivity index (χ1) is 6.93. The summed E-state index contributed by atoms with van der Waals surface area (Å²) in [6.45, 7) is 6.43. The minimum Gasteiger partial charge on any atom is -0.330 e. The van der Waals surface area contributed by atoms with Crippen LogP contribution in [-0.2, 0) is 0 Å². The van der Waals surface area contributed by atoms with Gasteiger partial charge < -0.3 is 11.1 Å². The van der Waals surface area contributed by atoms with Crippen LogP contribution in [0.1, 0.15) is 25.7 Å². The summed E-state index contributed by atoms with van der Waals surface area (Å²) < 4.78 is 0. The second kappa shape index (κ2) is 8.17. The molecule has 1 rings (SSSR count). The van der Waals surface area contributed by atoms with Crippen molar-refractivity contribution in [1.29, 1.82) is 0 Å². The van der Waals surface area contributed by atoms with Crippen LogP contribution < -0.4 is 16.5 Å². The van der Waals surface area contributed by atoms with Crippen molar-refractivity contribution >= 4 is 0 Å². The number of hydrogen-bond donors (Lipinski definition) is 3. The minimum absolute atomic E-state index is 0.839. The maximum Gasteiger partial charge on any atom is 0.0256 e. The fraction of sp³-hybridized carbons (Fsp3) is 1.00. The highest BCUT2D eigenvalue weighted by molar-refractivity contribution is 4.63.